The molecule has 16 aliphatic rings. The third-order valence-electron chi connectivity index (χ3n) is 20.1. The highest BCUT2D eigenvalue weighted by Gasteiger charge is 2.41. The standard InChI is InChI=1S/C10H16.C10H18.2C7H12.C7H14.2C6H12.C5H10.C4H8.C3H6.10CH4/c1-7-2-9-4-8(1)5-10(3-7)6-9;1-2-6-10-8-4-3-7-9(10)5-1;2*1-2-7-4-3-6(1)5-7;1-2-4-6-7-5-3-1;2*1-2-4-6-5-3-1;1-2-4-5-3-1;1-2-4-3-1;1-2-3-1;;;;;;;;;;/h7-10H,1-6H2;9-10H,1-8H2;2*6-7H,1-5H2;1-7H2;2*1-6H2;1-5H2;1-4H2;1-3H2;10*1H4. The third kappa shape index (κ3) is 39.1. The van der Waals surface area contributed by atoms with E-state index in [0.29, 0.717) is 0 Å². The molecule has 8 bridgehead atoms. The molecule has 16 rings (SSSR count). The Morgan fingerprint density at radius 1 is 0.107 bits per heavy atom. The molecule has 0 radical (unpaired) electrons. The Bertz CT molecular complexity index is 860. The number of hydrogen-bond acceptors (Lipinski definition) is 0. The van der Waals surface area contributed by atoms with Crippen LogP contribution in [0.3, 0.4) is 0 Å². The molecule has 0 aromatic carbocycles. The van der Waals surface area contributed by atoms with Gasteiger partial charge in [0.15, 0.2) is 0 Å². The lowest BCUT2D eigenvalue weighted by molar-refractivity contribution is 0.0198. The zero-order valence-electron chi connectivity index (χ0n) is 44.7. The first kappa shape index (κ1) is 83.8. The molecule has 0 aliphatic heterocycles. The molecule has 460 valence electrons. The quantitative estimate of drug-likeness (QED) is 0.212. The molecule has 0 N–H and O–H groups in total. The zero-order valence-corrected chi connectivity index (χ0v) is 44.7. The lowest BCUT2D eigenvalue weighted by Crippen LogP contribution is -2.38. The summed E-state index contributed by atoms with van der Waals surface area (Å²) < 4.78 is 0. The molecule has 0 aromatic heterocycles. The van der Waals surface area contributed by atoms with Gasteiger partial charge >= 0.3 is 0 Å². The molecule has 0 saturated heterocycles. The summed E-state index contributed by atoms with van der Waals surface area (Å²) >= 11 is 0. The third-order valence-corrected chi connectivity index (χ3v) is 20.1. The van der Waals surface area contributed by atoms with Gasteiger partial charge in [0.25, 0.3) is 0 Å². The number of rotatable bonds is 0. The van der Waals surface area contributed by atoms with E-state index in [-0.39, 0.29) is 74.3 Å². The van der Waals surface area contributed by atoms with Crippen LogP contribution in [0.1, 0.15) is 427 Å². The van der Waals surface area contributed by atoms with Crippen LogP contribution in [-0.4, -0.2) is 0 Å². The Balaban J connectivity index is -0.000000242. The van der Waals surface area contributed by atoms with E-state index in [1.54, 1.807) is 128 Å². The van der Waals surface area contributed by atoms with Crippen molar-refractivity contribution < 1.29 is 0 Å². The van der Waals surface area contributed by atoms with Gasteiger partial charge in [0.2, 0.25) is 0 Å². The van der Waals surface area contributed by atoms with Gasteiger partial charge in [-0.2, -0.15) is 0 Å². The average Bonchev–Trinajstić information content (AvgIpc) is 3.75. The number of hydrogen-bond donors (Lipinski definition) is 0. The van der Waals surface area contributed by atoms with Crippen LogP contribution < -0.4 is 0 Å². The van der Waals surface area contributed by atoms with Crippen molar-refractivity contribution in [3.05, 3.63) is 0 Å². The van der Waals surface area contributed by atoms with Gasteiger partial charge in [-0.3, -0.25) is 0 Å². The molecule has 0 heteroatoms. The SMILES string of the molecule is C.C.C.C.C.C.C.C.C.C.C1C2CC3CC1CC(C2)C3.C1CC1.C1CC2CCC1C2.C1CC2CCC1C2.C1CCC1.C1CCC2CCCCC2C1.C1CCCC1.C1CCCCC1.C1CCCCC1.C1CCCCCC1. The van der Waals surface area contributed by atoms with E-state index in [9.17, 15) is 0 Å². The molecule has 16 saturated carbocycles. The van der Waals surface area contributed by atoms with Crippen LogP contribution >= 0.6 is 0 Å². The van der Waals surface area contributed by atoms with Gasteiger partial charge in [0.1, 0.15) is 0 Å². The Labute approximate surface area is 484 Å². The predicted octanol–water partition coefficient (Wildman–Crippen LogP) is 29.0. The summed E-state index contributed by atoms with van der Waals surface area (Å²) in [6.07, 6.45) is 84.1. The first-order valence-corrected chi connectivity index (χ1v) is 32.3. The predicted molar refractivity (Wildman–Crippen MR) is 356 cm³/mol. The molecule has 0 aromatic rings. The highest BCUT2D eigenvalue weighted by Crippen LogP contribution is 2.53. The van der Waals surface area contributed by atoms with E-state index >= 15 is 0 Å². The Kier molecular flexibility index (Phi) is 61.0. The fraction of sp³-hybridized carbons (Fsp3) is 1.00. The van der Waals surface area contributed by atoms with Crippen molar-refractivity contribution in [3.63, 3.8) is 0 Å². The normalized spacial score (nSPS) is 32.0. The molecule has 75 heavy (non-hydrogen) atoms. The topological polar surface area (TPSA) is 0 Å². The van der Waals surface area contributed by atoms with Gasteiger partial charge in [-0.15, -0.1) is 0 Å². The molecule has 0 nitrogen and oxygen atoms in total. The molecule has 0 amide bonds. The summed E-state index contributed by atoms with van der Waals surface area (Å²) in [6, 6.07) is 0. The van der Waals surface area contributed by atoms with Crippen LogP contribution in [0.2, 0.25) is 0 Å². The van der Waals surface area contributed by atoms with Crippen molar-refractivity contribution in [1.29, 1.82) is 0 Å². The number of fused-ring (bicyclic) bond motifs is 5. The molecule has 16 fully saturated rings. The van der Waals surface area contributed by atoms with Gasteiger partial charge < -0.3 is 0 Å². The van der Waals surface area contributed by atoms with E-state index < -0.39 is 0 Å². The minimum absolute atomic E-state index is 0. The molecule has 0 unspecified atom stereocenters. The zero-order chi connectivity index (χ0) is 44.7. The van der Waals surface area contributed by atoms with Crippen LogP contribution in [0, 0.1) is 59.2 Å². The molecule has 0 heterocycles. The highest BCUT2D eigenvalue weighted by atomic mass is 14.5. The van der Waals surface area contributed by atoms with Crippen LogP contribution in [0.4, 0.5) is 0 Å². The molecule has 16 aliphatic carbocycles. The lowest BCUT2D eigenvalue weighted by Gasteiger charge is -2.49. The van der Waals surface area contributed by atoms with Crippen molar-refractivity contribution >= 4 is 0 Å². The Hall–Kier alpha value is 0. The van der Waals surface area contributed by atoms with Crippen molar-refractivity contribution in [1.82, 2.24) is 0 Å². The maximum atomic E-state index is 1.60. The van der Waals surface area contributed by atoms with Gasteiger partial charge in [0, 0.05) is 0 Å². The maximum absolute atomic E-state index is 1.60. The van der Waals surface area contributed by atoms with Gasteiger partial charge in [-0.1, -0.05) is 376 Å². The summed E-state index contributed by atoms with van der Waals surface area (Å²) in [4.78, 5) is 0. The highest BCUT2D eigenvalue weighted by molar-refractivity contribution is 4.93. The second-order valence-electron chi connectivity index (χ2n) is 26.2. The second-order valence-corrected chi connectivity index (χ2v) is 26.2. The Morgan fingerprint density at radius 3 is 0.307 bits per heavy atom. The first-order chi connectivity index (χ1) is 32.3. The summed E-state index contributed by atoms with van der Waals surface area (Å²) in [5.41, 5.74) is 0. The van der Waals surface area contributed by atoms with Crippen LogP contribution in [0.25, 0.3) is 0 Å². The minimum Gasteiger partial charge on any atom is -0.0776 e. The first-order valence-electron chi connectivity index (χ1n) is 32.3. The van der Waals surface area contributed by atoms with Crippen molar-refractivity contribution in [3.8, 4) is 0 Å². The lowest BCUT2D eigenvalue weighted by atomic mass is 9.56. The average molecular weight is 1060 g/mol. The summed E-state index contributed by atoms with van der Waals surface area (Å²) in [5.74, 6) is 11.7. The molecular weight excluding hydrogens is 901 g/mol. The largest absolute Gasteiger partial charge is 0.0776 e. The van der Waals surface area contributed by atoms with Crippen LogP contribution in [0.5, 0.6) is 0 Å². The fourth-order valence-corrected chi connectivity index (χ4v) is 15.7. The maximum Gasteiger partial charge on any atom is -0.0386 e. The minimum atomic E-state index is 0. The van der Waals surface area contributed by atoms with Crippen LogP contribution in [0.15, 0.2) is 0 Å². The van der Waals surface area contributed by atoms with Gasteiger partial charge in [-0.05, 0) is 111 Å². The fourth-order valence-electron chi connectivity index (χ4n) is 15.7. The van der Waals surface area contributed by atoms with Crippen molar-refractivity contribution in [2.45, 2.75) is 427 Å². The van der Waals surface area contributed by atoms with E-state index in [4.69, 9.17) is 0 Å². The summed E-state index contributed by atoms with van der Waals surface area (Å²) in [6.45, 7) is 0. The van der Waals surface area contributed by atoms with E-state index in [1.165, 1.54) is 272 Å². The van der Waals surface area contributed by atoms with Crippen molar-refractivity contribution in [2.75, 3.05) is 0 Å². The smallest absolute Gasteiger partial charge is 0.0386 e. The summed E-state index contributed by atoms with van der Waals surface area (Å²) in [7, 11) is 0. The molecule has 0 atom stereocenters. The van der Waals surface area contributed by atoms with Gasteiger partial charge in [0.05, 0.1) is 0 Å². The van der Waals surface area contributed by atoms with E-state index in [1.807, 2.05) is 0 Å². The summed E-state index contributed by atoms with van der Waals surface area (Å²) in [5, 5.41) is 0. The molecule has 0 spiro atoms. The van der Waals surface area contributed by atoms with E-state index in [2.05, 4.69) is 0 Å². The van der Waals surface area contributed by atoms with Gasteiger partial charge in [-0.25, -0.2) is 0 Å². The monoisotopic (exact) mass is 1060 g/mol. The second kappa shape index (κ2) is 54.6. The van der Waals surface area contributed by atoms with E-state index in [0.717, 1.165) is 11.8 Å². The Morgan fingerprint density at radius 2 is 0.213 bits per heavy atom. The van der Waals surface area contributed by atoms with Crippen LogP contribution in [-0.2, 0) is 0 Å². The van der Waals surface area contributed by atoms with Crippen molar-refractivity contribution in [2.24, 2.45) is 59.2 Å². The molecular formula is C75H160.